The van der Waals surface area contributed by atoms with Gasteiger partial charge in [0.05, 0.1) is 14.2 Å². The third kappa shape index (κ3) is 3.02. The lowest BCUT2D eigenvalue weighted by Crippen LogP contribution is -2.28. The molecule has 0 aliphatic carbocycles. The summed E-state index contributed by atoms with van der Waals surface area (Å²) in [7, 11) is 4.67. The number of ether oxygens (including phenoxy) is 2. The normalized spacial score (nSPS) is 10.0. The third-order valence-electron chi connectivity index (χ3n) is 2.96. The minimum absolute atomic E-state index is 0.145. The summed E-state index contributed by atoms with van der Waals surface area (Å²) in [6.07, 6.45) is 0. The molecule has 0 spiro atoms. The summed E-state index contributed by atoms with van der Waals surface area (Å²) in [5.74, 6) is 0.742. The number of rotatable bonds is 4. The van der Waals surface area contributed by atoms with Gasteiger partial charge in [0.15, 0.2) is 11.5 Å². The first-order chi connectivity index (χ1) is 10.1. The van der Waals surface area contributed by atoms with E-state index in [2.05, 4.69) is 10.2 Å². The largest absolute Gasteiger partial charge is 0.493 e. The van der Waals surface area contributed by atoms with Crippen LogP contribution in [0.1, 0.15) is 10.5 Å². The topological polar surface area (TPSA) is 84.5 Å². The number of aromatic nitrogens is 2. The van der Waals surface area contributed by atoms with Crippen LogP contribution in [0.3, 0.4) is 0 Å². The van der Waals surface area contributed by atoms with Crippen LogP contribution >= 0.6 is 0 Å². The summed E-state index contributed by atoms with van der Waals surface area (Å²) < 4.78 is 10.4. The first-order valence-corrected chi connectivity index (χ1v) is 6.12. The van der Waals surface area contributed by atoms with Crippen LogP contribution in [0.15, 0.2) is 35.1 Å². The lowest BCUT2D eigenvalue weighted by molar-refractivity contribution is 0.0987. The van der Waals surface area contributed by atoms with Crippen LogP contribution in [0.25, 0.3) is 0 Å². The Morgan fingerprint density at radius 3 is 2.43 bits per heavy atom. The zero-order valence-electron chi connectivity index (χ0n) is 11.9. The van der Waals surface area contributed by atoms with Crippen molar-refractivity contribution in [3.8, 4) is 11.5 Å². The van der Waals surface area contributed by atoms with E-state index in [4.69, 9.17) is 9.47 Å². The highest BCUT2D eigenvalue weighted by molar-refractivity contribution is 6.04. The average Bonchev–Trinajstić information content (AvgIpc) is 2.53. The molecule has 0 atom stereocenters. The van der Waals surface area contributed by atoms with E-state index in [9.17, 15) is 9.59 Å². The quantitative estimate of drug-likeness (QED) is 0.910. The zero-order chi connectivity index (χ0) is 15.4. The summed E-state index contributed by atoms with van der Waals surface area (Å²) in [6.45, 7) is 0. The average molecular weight is 289 g/mol. The summed E-state index contributed by atoms with van der Waals surface area (Å²) in [6, 6.07) is 7.74. The molecule has 7 nitrogen and oxygen atoms in total. The molecule has 2 rings (SSSR count). The molecule has 0 saturated heterocycles. The van der Waals surface area contributed by atoms with Gasteiger partial charge in [-0.3, -0.25) is 9.59 Å². The number of nitrogens with one attached hydrogen (secondary N) is 1. The van der Waals surface area contributed by atoms with Crippen LogP contribution in [0.5, 0.6) is 11.5 Å². The fourth-order valence-corrected chi connectivity index (χ4v) is 1.79. The predicted molar refractivity (Wildman–Crippen MR) is 77.1 cm³/mol. The van der Waals surface area contributed by atoms with E-state index in [1.54, 1.807) is 25.2 Å². The molecule has 1 aromatic carbocycles. The molecule has 0 saturated carbocycles. The third-order valence-corrected chi connectivity index (χ3v) is 2.96. The molecule has 110 valence electrons. The maximum absolute atomic E-state index is 12.3. The number of nitrogens with zero attached hydrogens (tertiary/aromatic N) is 2. The van der Waals surface area contributed by atoms with Gasteiger partial charge in [-0.2, -0.15) is 5.10 Å². The van der Waals surface area contributed by atoms with Crippen molar-refractivity contribution in [2.75, 3.05) is 26.2 Å². The van der Waals surface area contributed by atoms with Crippen LogP contribution in [0, 0.1) is 0 Å². The van der Waals surface area contributed by atoms with Crippen LogP contribution in [0.2, 0.25) is 0 Å². The Morgan fingerprint density at radius 1 is 1.14 bits per heavy atom. The lowest BCUT2D eigenvalue weighted by atomic mass is 10.2. The lowest BCUT2D eigenvalue weighted by Gasteiger charge is -2.18. The van der Waals surface area contributed by atoms with E-state index in [0.717, 1.165) is 0 Å². The molecule has 7 heteroatoms. The second kappa shape index (κ2) is 6.08. The predicted octanol–water partition coefficient (Wildman–Crippen LogP) is 1.06. The number of hydrogen-bond donors (Lipinski definition) is 1. The Morgan fingerprint density at radius 2 is 1.86 bits per heavy atom. The highest BCUT2D eigenvalue weighted by Gasteiger charge is 2.16. The molecule has 0 fully saturated rings. The number of aromatic amines is 1. The fourth-order valence-electron chi connectivity index (χ4n) is 1.79. The standard InChI is InChI=1S/C14H15N3O4/c1-17(14(19)10-5-7-13(18)16-15-10)9-4-6-11(20-2)12(8-9)21-3/h4-8H,1-3H3,(H,16,18). The maximum atomic E-state index is 12.3. The number of hydrogen-bond acceptors (Lipinski definition) is 5. The molecule has 0 aliphatic heterocycles. The van der Waals surface area contributed by atoms with Gasteiger partial charge in [0.2, 0.25) is 0 Å². The number of methoxy groups -OCH3 is 2. The number of anilines is 1. The van der Waals surface area contributed by atoms with Gasteiger partial charge in [-0.1, -0.05) is 0 Å². The summed E-state index contributed by atoms with van der Waals surface area (Å²) in [4.78, 5) is 24.6. The van der Waals surface area contributed by atoms with E-state index < -0.39 is 0 Å². The summed E-state index contributed by atoms with van der Waals surface area (Å²) in [5.41, 5.74) is 0.401. The molecule has 0 bridgehead atoms. The Balaban J connectivity index is 2.30. The molecule has 1 N–H and O–H groups in total. The van der Waals surface area contributed by atoms with E-state index in [-0.39, 0.29) is 17.2 Å². The van der Waals surface area contributed by atoms with Crippen LogP contribution in [-0.4, -0.2) is 37.4 Å². The van der Waals surface area contributed by atoms with Gasteiger partial charge in [0.1, 0.15) is 5.69 Å². The number of carbonyl (C=O) groups is 1. The molecule has 21 heavy (non-hydrogen) atoms. The highest BCUT2D eigenvalue weighted by atomic mass is 16.5. The Hall–Kier alpha value is -2.83. The molecule has 2 aromatic rings. The SMILES string of the molecule is COc1ccc(N(C)C(=O)c2ccc(=O)[nH]n2)cc1OC. The number of benzene rings is 1. The van der Waals surface area contributed by atoms with Crippen molar-refractivity contribution in [3.63, 3.8) is 0 Å². The smallest absolute Gasteiger partial charge is 0.278 e. The van der Waals surface area contributed by atoms with Crippen molar-refractivity contribution in [1.82, 2.24) is 10.2 Å². The molecule has 0 aliphatic rings. The summed E-state index contributed by atoms with van der Waals surface area (Å²) in [5, 5.41) is 5.95. The van der Waals surface area contributed by atoms with Crippen molar-refractivity contribution >= 4 is 11.6 Å². The van der Waals surface area contributed by atoms with Crippen molar-refractivity contribution < 1.29 is 14.3 Å². The number of carbonyl (C=O) groups excluding carboxylic acids is 1. The Labute approximate surface area is 121 Å². The first-order valence-electron chi connectivity index (χ1n) is 6.12. The Kier molecular flexibility index (Phi) is 4.22. The van der Waals surface area contributed by atoms with Crippen molar-refractivity contribution in [2.45, 2.75) is 0 Å². The summed E-state index contributed by atoms with van der Waals surface area (Å²) >= 11 is 0. The van der Waals surface area contributed by atoms with Crippen molar-refractivity contribution in [2.24, 2.45) is 0 Å². The second-order valence-corrected chi connectivity index (χ2v) is 4.21. The van der Waals surface area contributed by atoms with Gasteiger partial charge in [0.25, 0.3) is 11.5 Å². The molecule has 1 amide bonds. The monoisotopic (exact) mass is 289 g/mol. The molecular formula is C14H15N3O4. The minimum Gasteiger partial charge on any atom is -0.493 e. The molecular weight excluding hydrogens is 274 g/mol. The van der Waals surface area contributed by atoms with Gasteiger partial charge in [-0.15, -0.1) is 0 Å². The van der Waals surface area contributed by atoms with Gasteiger partial charge in [0, 0.05) is 24.9 Å². The number of H-pyrrole nitrogens is 1. The van der Waals surface area contributed by atoms with Gasteiger partial charge >= 0.3 is 0 Å². The molecule has 0 radical (unpaired) electrons. The first kappa shape index (κ1) is 14.6. The van der Waals surface area contributed by atoms with Gasteiger partial charge < -0.3 is 14.4 Å². The van der Waals surface area contributed by atoms with E-state index >= 15 is 0 Å². The van der Waals surface area contributed by atoms with E-state index in [0.29, 0.717) is 17.2 Å². The second-order valence-electron chi connectivity index (χ2n) is 4.21. The highest BCUT2D eigenvalue weighted by Crippen LogP contribution is 2.31. The number of amides is 1. The van der Waals surface area contributed by atoms with Crippen LogP contribution < -0.4 is 19.9 Å². The Bertz CT molecular complexity index is 691. The van der Waals surface area contributed by atoms with Gasteiger partial charge in [-0.25, -0.2) is 5.10 Å². The van der Waals surface area contributed by atoms with E-state index in [1.165, 1.54) is 31.3 Å². The maximum Gasteiger partial charge on any atom is 0.278 e. The van der Waals surface area contributed by atoms with Crippen LogP contribution in [-0.2, 0) is 0 Å². The van der Waals surface area contributed by atoms with Crippen LogP contribution in [0.4, 0.5) is 5.69 Å². The van der Waals surface area contributed by atoms with E-state index in [1.807, 2.05) is 0 Å². The molecule has 1 heterocycles. The fraction of sp³-hybridized carbons (Fsp3) is 0.214. The van der Waals surface area contributed by atoms with Gasteiger partial charge in [-0.05, 0) is 18.2 Å². The minimum atomic E-state index is -0.361. The molecule has 0 unspecified atom stereocenters. The van der Waals surface area contributed by atoms with Crippen molar-refractivity contribution in [3.05, 3.63) is 46.4 Å². The van der Waals surface area contributed by atoms with Crippen molar-refractivity contribution in [1.29, 1.82) is 0 Å². The zero-order valence-corrected chi connectivity index (χ0v) is 11.9. The molecule has 1 aromatic heterocycles.